The third kappa shape index (κ3) is 4.92. The van der Waals surface area contributed by atoms with Crippen molar-refractivity contribution in [1.29, 1.82) is 0 Å². The van der Waals surface area contributed by atoms with E-state index in [9.17, 15) is 13.2 Å². The van der Waals surface area contributed by atoms with E-state index in [0.717, 1.165) is 17.4 Å². The van der Waals surface area contributed by atoms with Crippen molar-refractivity contribution >= 4 is 22.0 Å². The molecule has 0 spiro atoms. The zero-order valence-corrected chi connectivity index (χ0v) is 14.2. The number of carbonyl (C=O) groups excluding carboxylic acids is 1. The lowest BCUT2D eigenvalue weighted by atomic mass is 10.1. The lowest BCUT2D eigenvalue weighted by Gasteiger charge is -2.06. The van der Waals surface area contributed by atoms with Crippen LogP contribution < -0.4 is 5.32 Å². The molecule has 126 valence electrons. The van der Waals surface area contributed by atoms with Gasteiger partial charge in [-0.3, -0.25) is 4.79 Å². The summed E-state index contributed by atoms with van der Waals surface area (Å²) in [6, 6.07) is 13.3. The van der Waals surface area contributed by atoms with Crippen molar-refractivity contribution < 1.29 is 18.0 Å². The highest BCUT2D eigenvalue weighted by Gasteiger charge is 2.08. The molecule has 2 aromatic carbocycles. The molecule has 2 rings (SSSR count). The molecule has 24 heavy (non-hydrogen) atoms. The van der Waals surface area contributed by atoms with Gasteiger partial charge in [0.05, 0.1) is 11.1 Å². The Hall–Kier alpha value is -2.67. The third-order valence-electron chi connectivity index (χ3n) is 3.28. The second-order valence-electron chi connectivity index (χ2n) is 5.14. The molecule has 7 heteroatoms. The molecule has 0 atom stereocenters. The van der Waals surface area contributed by atoms with Crippen molar-refractivity contribution in [1.82, 2.24) is 5.32 Å². The highest BCUT2D eigenvalue weighted by atomic mass is 32.2. The summed E-state index contributed by atoms with van der Waals surface area (Å²) in [5.41, 5.74) is 2.17. The van der Waals surface area contributed by atoms with Crippen molar-refractivity contribution in [3.8, 4) is 0 Å². The average molecular weight is 346 g/mol. The van der Waals surface area contributed by atoms with Crippen LogP contribution in [0.2, 0.25) is 0 Å². The smallest absolute Gasteiger partial charge is 0.251 e. The van der Waals surface area contributed by atoms with Gasteiger partial charge in [0.1, 0.15) is 7.11 Å². The summed E-state index contributed by atoms with van der Waals surface area (Å²) in [6.45, 7) is 0.315. The van der Waals surface area contributed by atoms with E-state index in [-0.39, 0.29) is 10.8 Å². The van der Waals surface area contributed by atoms with Crippen molar-refractivity contribution in [2.24, 2.45) is 5.16 Å². The van der Waals surface area contributed by atoms with E-state index in [0.29, 0.717) is 12.1 Å². The molecular formula is C17H18N2O4S. The Kier molecular flexibility index (Phi) is 5.70. The van der Waals surface area contributed by atoms with Gasteiger partial charge in [0.15, 0.2) is 9.84 Å². The normalized spacial score (nSPS) is 11.4. The van der Waals surface area contributed by atoms with Gasteiger partial charge in [-0.25, -0.2) is 8.42 Å². The number of oxime groups is 1. The van der Waals surface area contributed by atoms with Crippen LogP contribution in [0.25, 0.3) is 0 Å². The van der Waals surface area contributed by atoms with Gasteiger partial charge in [0.2, 0.25) is 0 Å². The van der Waals surface area contributed by atoms with Crippen LogP contribution in [0.15, 0.2) is 58.6 Å². The maximum atomic E-state index is 12.1. The Labute approximate surface area is 141 Å². The van der Waals surface area contributed by atoms with Gasteiger partial charge in [-0.15, -0.1) is 0 Å². The number of nitrogens with zero attached hydrogens (tertiary/aromatic N) is 1. The quantitative estimate of drug-likeness (QED) is 0.640. The fourth-order valence-electron chi connectivity index (χ4n) is 1.97. The maximum absolute atomic E-state index is 12.1. The Morgan fingerprint density at radius 2 is 1.75 bits per heavy atom. The lowest BCUT2D eigenvalue weighted by Crippen LogP contribution is -2.22. The molecule has 0 heterocycles. The highest BCUT2D eigenvalue weighted by Crippen LogP contribution is 2.10. The molecule has 0 fully saturated rings. The summed E-state index contributed by atoms with van der Waals surface area (Å²) >= 11 is 0. The monoisotopic (exact) mass is 346 g/mol. The molecule has 0 aliphatic heterocycles. The Morgan fingerprint density at radius 3 is 2.29 bits per heavy atom. The van der Waals surface area contributed by atoms with E-state index in [4.69, 9.17) is 0 Å². The van der Waals surface area contributed by atoms with Gasteiger partial charge >= 0.3 is 0 Å². The van der Waals surface area contributed by atoms with Crippen molar-refractivity contribution in [2.75, 3.05) is 13.4 Å². The summed E-state index contributed by atoms with van der Waals surface area (Å²) in [7, 11) is -1.75. The fraction of sp³-hybridized carbons (Fsp3) is 0.176. The number of benzene rings is 2. The van der Waals surface area contributed by atoms with Gasteiger partial charge in [-0.2, -0.15) is 0 Å². The van der Waals surface area contributed by atoms with Crippen molar-refractivity contribution in [2.45, 2.75) is 11.4 Å². The van der Waals surface area contributed by atoms with Crippen molar-refractivity contribution in [3.63, 3.8) is 0 Å². The first-order valence-corrected chi connectivity index (χ1v) is 9.03. The van der Waals surface area contributed by atoms with Gasteiger partial charge in [0.25, 0.3) is 5.91 Å². The second kappa shape index (κ2) is 7.74. The Bertz CT molecular complexity index is 826. The van der Waals surface area contributed by atoms with Crippen LogP contribution in [0.5, 0.6) is 0 Å². The lowest BCUT2D eigenvalue weighted by molar-refractivity contribution is 0.0951. The molecular weight excluding hydrogens is 328 g/mol. The molecule has 0 bridgehead atoms. The zero-order chi connectivity index (χ0) is 17.6. The fourth-order valence-corrected chi connectivity index (χ4v) is 2.60. The molecule has 6 nitrogen and oxygen atoms in total. The summed E-state index contributed by atoms with van der Waals surface area (Å²) in [4.78, 5) is 17.0. The van der Waals surface area contributed by atoms with E-state index in [1.54, 1.807) is 42.6 Å². The van der Waals surface area contributed by atoms with Gasteiger partial charge < -0.3 is 10.2 Å². The summed E-state index contributed by atoms with van der Waals surface area (Å²) in [5, 5.41) is 6.44. The maximum Gasteiger partial charge on any atom is 0.251 e. The van der Waals surface area contributed by atoms with Crippen LogP contribution >= 0.6 is 0 Å². The number of carbonyl (C=O) groups is 1. The average Bonchev–Trinajstić information content (AvgIpc) is 2.58. The SMILES string of the molecule is CO/N=C/c1ccc(C(=O)NCc2ccc(S(C)(=O)=O)cc2)cc1. The topological polar surface area (TPSA) is 84.8 Å². The van der Waals surface area contributed by atoms with E-state index in [1.165, 1.54) is 19.2 Å². The predicted octanol–water partition coefficient (Wildman–Crippen LogP) is 2.00. The summed E-state index contributed by atoms with van der Waals surface area (Å²) in [6.07, 6.45) is 2.70. The van der Waals surface area contributed by atoms with Crippen molar-refractivity contribution in [3.05, 3.63) is 65.2 Å². The van der Waals surface area contributed by atoms with Crippen LogP contribution in [-0.2, 0) is 21.2 Å². The molecule has 0 radical (unpaired) electrons. The molecule has 0 unspecified atom stereocenters. The Morgan fingerprint density at radius 1 is 1.12 bits per heavy atom. The van der Waals surface area contributed by atoms with E-state index < -0.39 is 9.84 Å². The Balaban J connectivity index is 1.96. The number of amides is 1. The molecule has 0 aliphatic carbocycles. The van der Waals surface area contributed by atoms with Gasteiger partial charge in [0, 0.05) is 18.4 Å². The highest BCUT2D eigenvalue weighted by molar-refractivity contribution is 7.90. The van der Waals surface area contributed by atoms with Gasteiger partial charge in [-0.1, -0.05) is 29.4 Å². The van der Waals surface area contributed by atoms with Crippen LogP contribution in [0.4, 0.5) is 0 Å². The summed E-state index contributed by atoms with van der Waals surface area (Å²) in [5.74, 6) is -0.211. The molecule has 0 saturated heterocycles. The van der Waals surface area contributed by atoms with E-state index in [1.807, 2.05) is 0 Å². The molecule has 0 aromatic heterocycles. The molecule has 2 aromatic rings. The third-order valence-corrected chi connectivity index (χ3v) is 4.41. The second-order valence-corrected chi connectivity index (χ2v) is 7.15. The van der Waals surface area contributed by atoms with Crippen LogP contribution in [0.3, 0.4) is 0 Å². The minimum atomic E-state index is -3.21. The largest absolute Gasteiger partial charge is 0.399 e. The van der Waals surface area contributed by atoms with E-state index in [2.05, 4.69) is 15.3 Å². The molecule has 0 aliphatic rings. The molecule has 0 saturated carbocycles. The van der Waals surface area contributed by atoms with E-state index >= 15 is 0 Å². The first-order valence-electron chi connectivity index (χ1n) is 7.14. The predicted molar refractivity (Wildman–Crippen MR) is 91.8 cm³/mol. The minimum Gasteiger partial charge on any atom is -0.399 e. The van der Waals surface area contributed by atoms with Crippen LogP contribution in [0, 0.1) is 0 Å². The molecule has 1 N–H and O–H groups in total. The molecule has 1 amide bonds. The van der Waals surface area contributed by atoms with Crippen LogP contribution in [-0.4, -0.2) is 33.9 Å². The van der Waals surface area contributed by atoms with Crippen LogP contribution in [0.1, 0.15) is 21.5 Å². The number of nitrogens with one attached hydrogen (secondary N) is 1. The first-order chi connectivity index (χ1) is 11.4. The zero-order valence-electron chi connectivity index (χ0n) is 13.4. The first kappa shape index (κ1) is 17.7. The van der Waals surface area contributed by atoms with Gasteiger partial charge in [-0.05, 0) is 35.4 Å². The number of rotatable bonds is 6. The standard InChI is InChI=1S/C17H18N2O4S/c1-23-19-12-14-3-7-15(8-4-14)17(20)18-11-13-5-9-16(10-6-13)24(2,21)22/h3-10,12H,11H2,1-2H3,(H,18,20)/b19-12+. The number of hydrogen-bond donors (Lipinski definition) is 1. The minimum absolute atomic E-state index is 0.211. The number of hydrogen-bond acceptors (Lipinski definition) is 5. The summed E-state index contributed by atoms with van der Waals surface area (Å²) < 4.78 is 22.8. The number of sulfone groups is 1.